The van der Waals surface area contributed by atoms with Crippen molar-refractivity contribution in [2.75, 3.05) is 12.3 Å². The smallest absolute Gasteiger partial charge is 0.341 e. The Bertz CT molecular complexity index is 451. The number of fused-ring (bicyclic) bond motifs is 1. The summed E-state index contributed by atoms with van der Waals surface area (Å²) in [7, 11) is 0. The van der Waals surface area contributed by atoms with Gasteiger partial charge in [-0.1, -0.05) is 20.8 Å². The van der Waals surface area contributed by atoms with Crippen molar-refractivity contribution in [3.63, 3.8) is 0 Å². The van der Waals surface area contributed by atoms with Crippen LogP contribution in [0.2, 0.25) is 0 Å². The summed E-state index contributed by atoms with van der Waals surface area (Å²) in [5.74, 6) is 0.526. The second kappa shape index (κ2) is 5.31. The fourth-order valence-corrected chi connectivity index (χ4v) is 3.68. The number of anilines is 1. The Morgan fingerprint density at radius 2 is 2.28 bits per heavy atom. The van der Waals surface area contributed by atoms with Gasteiger partial charge in [0.2, 0.25) is 0 Å². The zero-order chi connectivity index (χ0) is 13.3. The molecule has 3 nitrogen and oxygen atoms in total. The second-order valence-corrected chi connectivity index (χ2v) is 6.60. The van der Waals surface area contributed by atoms with E-state index in [9.17, 15) is 4.79 Å². The maximum Gasteiger partial charge on any atom is 0.341 e. The van der Waals surface area contributed by atoms with Gasteiger partial charge in [0, 0.05) is 4.88 Å². The van der Waals surface area contributed by atoms with Gasteiger partial charge < -0.3 is 10.5 Å². The largest absolute Gasteiger partial charge is 0.462 e. The monoisotopic (exact) mass is 267 g/mol. The molecule has 1 unspecified atom stereocenters. The minimum Gasteiger partial charge on any atom is -0.462 e. The van der Waals surface area contributed by atoms with Gasteiger partial charge >= 0.3 is 5.97 Å². The van der Waals surface area contributed by atoms with Crippen molar-refractivity contribution >= 4 is 22.3 Å². The molecule has 0 aromatic carbocycles. The van der Waals surface area contributed by atoms with Gasteiger partial charge in [-0.3, -0.25) is 0 Å². The van der Waals surface area contributed by atoms with Gasteiger partial charge in [-0.2, -0.15) is 0 Å². The van der Waals surface area contributed by atoms with Crippen LogP contribution in [0.15, 0.2) is 0 Å². The fraction of sp³-hybridized carbons (Fsp3) is 0.643. The van der Waals surface area contributed by atoms with Crippen LogP contribution >= 0.6 is 11.3 Å². The van der Waals surface area contributed by atoms with Crippen molar-refractivity contribution in [2.45, 2.75) is 46.0 Å². The van der Waals surface area contributed by atoms with Gasteiger partial charge in [-0.25, -0.2) is 4.79 Å². The number of aryl methyl sites for hydroxylation is 1. The molecule has 0 aliphatic heterocycles. The fourth-order valence-electron chi connectivity index (χ4n) is 2.46. The van der Waals surface area contributed by atoms with Crippen LogP contribution in [0.25, 0.3) is 0 Å². The van der Waals surface area contributed by atoms with E-state index >= 15 is 0 Å². The summed E-state index contributed by atoms with van der Waals surface area (Å²) in [5.41, 5.74) is 7.80. The van der Waals surface area contributed by atoms with Crippen molar-refractivity contribution in [2.24, 2.45) is 5.92 Å². The van der Waals surface area contributed by atoms with E-state index in [1.807, 2.05) is 13.8 Å². The first-order valence-corrected chi connectivity index (χ1v) is 7.40. The SMILES string of the molecule is CC(C)COC(=O)c1c(N)sc2c1C(C)CCC2. The molecular weight excluding hydrogens is 246 g/mol. The number of ether oxygens (including phenoxy) is 1. The van der Waals surface area contributed by atoms with Crippen molar-refractivity contribution in [3.05, 3.63) is 16.0 Å². The average molecular weight is 267 g/mol. The van der Waals surface area contributed by atoms with Crippen LogP contribution < -0.4 is 5.73 Å². The van der Waals surface area contributed by atoms with Gasteiger partial charge in [0.1, 0.15) is 5.00 Å². The Balaban J connectivity index is 2.27. The highest BCUT2D eigenvalue weighted by Gasteiger charge is 2.29. The minimum atomic E-state index is -0.243. The molecule has 0 fully saturated rings. The van der Waals surface area contributed by atoms with Crippen LogP contribution in [0.3, 0.4) is 0 Å². The molecule has 1 aromatic rings. The topological polar surface area (TPSA) is 52.3 Å². The molecule has 2 rings (SSSR count). The predicted octanol–water partition coefficient (Wildman–Crippen LogP) is 3.58. The van der Waals surface area contributed by atoms with E-state index in [4.69, 9.17) is 10.5 Å². The number of carbonyl (C=O) groups is 1. The molecule has 0 saturated carbocycles. The summed E-state index contributed by atoms with van der Waals surface area (Å²) in [6, 6.07) is 0. The molecule has 1 heterocycles. The summed E-state index contributed by atoms with van der Waals surface area (Å²) in [5, 5.41) is 0.627. The lowest BCUT2D eigenvalue weighted by molar-refractivity contribution is 0.0458. The van der Waals surface area contributed by atoms with E-state index in [1.54, 1.807) is 11.3 Å². The zero-order valence-corrected chi connectivity index (χ0v) is 12.1. The molecule has 0 spiro atoms. The Hall–Kier alpha value is -1.03. The van der Waals surface area contributed by atoms with E-state index in [0.717, 1.165) is 18.4 Å². The molecule has 100 valence electrons. The van der Waals surface area contributed by atoms with Crippen molar-refractivity contribution in [1.29, 1.82) is 0 Å². The summed E-state index contributed by atoms with van der Waals surface area (Å²) in [4.78, 5) is 13.4. The van der Waals surface area contributed by atoms with Crippen molar-refractivity contribution in [3.8, 4) is 0 Å². The summed E-state index contributed by atoms with van der Waals surface area (Å²) < 4.78 is 5.33. The van der Waals surface area contributed by atoms with E-state index in [1.165, 1.54) is 11.3 Å². The van der Waals surface area contributed by atoms with Crippen LogP contribution in [0.4, 0.5) is 5.00 Å². The molecule has 0 radical (unpaired) electrons. The number of hydrogen-bond donors (Lipinski definition) is 1. The number of nitrogen functional groups attached to an aromatic ring is 1. The average Bonchev–Trinajstić information content (AvgIpc) is 2.63. The van der Waals surface area contributed by atoms with Gasteiger partial charge in [0.15, 0.2) is 0 Å². The molecule has 1 aromatic heterocycles. The molecule has 1 atom stereocenters. The third-order valence-electron chi connectivity index (χ3n) is 3.33. The number of thiophene rings is 1. The Labute approximate surface area is 112 Å². The first-order valence-electron chi connectivity index (χ1n) is 6.58. The summed E-state index contributed by atoms with van der Waals surface area (Å²) in [6.45, 7) is 6.69. The molecule has 1 aliphatic rings. The molecule has 4 heteroatoms. The summed E-state index contributed by atoms with van der Waals surface area (Å²) in [6.07, 6.45) is 3.37. The third kappa shape index (κ3) is 2.53. The number of hydrogen-bond acceptors (Lipinski definition) is 4. The first-order chi connectivity index (χ1) is 8.50. The Kier molecular flexibility index (Phi) is 3.95. The van der Waals surface area contributed by atoms with Crippen LogP contribution in [0.5, 0.6) is 0 Å². The highest BCUT2D eigenvalue weighted by Crippen LogP contribution is 2.42. The van der Waals surface area contributed by atoms with Crippen molar-refractivity contribution < 1.29 is 9.53 Å². The highest BCUT2D eigenvalue weighted by atomic mass is 32.1. The van der Waals surface area contributed by atoms with E-state index in [-0.39, 0.29) is 5.97 Å². The molecule has 0 bridgehead atoms. The number of nitrogens with two attached hydrogens (primary N) is 1. The first kappa shape index (κ1) is 13.4. The highest BCUT2D eigenvalue weighted by molar-refractivity contribution is 7.16. The second-order valence-electron chi connectivity index (χ2n) is 5.46. The van der Waals surface area contributed by atoms with E-state index < -0.39 is 0 Å². The molecule has 18 heavy (non-hydrogen) atoms. The lowest BCUT2D eigenvalue weighted by Gasteiger charge is -2.19. The van der Waals surface area contributed by atoms with Crippen LogP contribution in [0.1, 0.15) is 60.3 Å². The minimum absolute atomic E-state index is 0.243. The van der Waals surface area contributed by atoms with Gasteiger partial charge in [-0.05, 0) is 36.7 Å². The number of rotatable bonds is 3. The van der Waals surface area contributed by atoms with Crippen LogP contribution in [-0.2, 0) is 11.2 Å². The zero-order valence-electron chi connectivity index (χ0n) is 11.3. The van der Waals surface area contributed by atoms with Crippen LogP contribution in [0, 0.1) is 5.92 Å². The lowest BCUT2D eigenvalue weighted by Crippen LogP contribution is -2.15. The third-order valence-corrected chi connectivity index (χ3v) is 4.43. The quantitative estimate of drug-likeness (QED) is 0.852. The van der Waals surface area contributed by atoms with Crippen molar-refractivity contribution in [1.82, 2.24) is 0 Å². The summed E-state index contributed by atoms with van der Waals surface area (Å²) >= 11 is 1.56. The predicted molar refractivity (Wildman–Crippen MR) is 75.2 cm³/mol. The Morgan fingerprint density at radius 3 is 2.94 bits per heavy atom. The lowest BCUT2D eigenvalue weighted by atomic mass is 9.86. The van der Waals surface area contributed by atoms with Gasteiger partial charge in [-0.15, -0.1) is 11.3 Å². The number of esters is 1. The molecular formula is C14H21NO2S. The maximum atomic E-state index is 12.2. The van der Waals surface area contributed by atoms with Crippen LogP contribution in [-0.4, -0.2) is 12.6 Å². The Morgan fingerprint density at radius 1 is 1.56 bits per heavy atom. The molecule has 1 aliphatic carbocycles. The molecule has 2 N–H and O–H groups in total. The molecule has 0 amide bonds. The van der Waals surface area contributed by atoms with Gasteiger partial charge in [0.25, 0.3) is 0 Å². The standard InChI is InChI=1S/C14H21NO2S/c1-8(2)7-17-14(16)12-11-9(3)5-4-6-10(11)18-13(12)15/h8-9H,4-7,15H2,1-3H3. The number of carbonyl (C=O) groups excluding carboxylic acids is 1. The molecule has 0 saturated heterocycles. The maximum absolute atomic E-state index is 12.2. The van der Waals surface area contributed by atoms with Gasteiger partial charge in [0.05, 0.1) is 12.2 Å². The van der Waals surface area contributed by atoms with E-state index in [2.05, 4.69) is 6.92 Å². The normalized spacial score (nSPS) is 18.8. The van der Waals surface area contributed by atoms with E-state index in [0.29, 0.717) is 29.0 Å².